The number of thiazole rings is 1. The van der Waals surface area contributed by atoms with Crippen molar-refractivity contribution < 1.29 is 0 Å². The number of alkyl halides is 1. The van der Waals surface area contributed by atoms with Crippen LogP contribution in [-0.2, 0) is 13.1 Å². The number of halogens is 1. The molecule has 102 valence electrons. The third kappa shape index (κ3) is 4.30. The van der Waals surface area contributed by atoms with Crippen LogP contribution in [0.3, 0.4) is 0 Å². The van der Waals surface area contributed by atoms with E-state index in [0.717, 1.165) is 25.3 Å². The molecule has 0 amide bonds. The standard InChI is InChI=1S/C15H19ClN2S/c1-12-13(2)19-15(17-12)11-18(9-8-16)10-14-6-4-3-5-7-14/h3-7H,8-11H2,1-2H3. The Labute approximate surface area is 124 Å². The fourth-order valence-corrected chi connectivity index (χ4v) is 3.19. The van der Waals surface area contributed by atoms with Gasteiger partial charge in [-0.15, -0.1) is 22.9 Å². The van der Waals surface area contributed by atoms with Crippen molar-refractivity contribution in [3.63, 3.8) is 0 Å². The van der Waals surface area contributed by atoms with Crippen LogP contribution in [0, 0.1) is 13.8 Å². The maximum Gasteiger partial charge on any atom is 0.107 e. The second-order valence-corrected chi connectivity index (χ2v) is 6.30. The molecule has 0 saturated carbocycles. The quantitative estimate of drug-likeness (QED) is 0.749. The molecule has 0 atom stereocenters. The summed E-state index contributed by atoms with van der Waals surface area (Å²) < 4.78 is 0. The largest absolute Gasteiger partial charge is 0.291 e. The summed E-state index contributed by atoms with van der Waals surface area (Å²) in [4.78, 5) is 8.26. The summed E-state index contributed by atoms with van der Waals surface area (Å²) in [7, 11) is 0. The Morgan fingerprint density at radius 1 is 1.16 bits per heavy atom. The second kappa shape index (κ2) is 7.04. The SMILES string of the molecule is Cc1nc(CN(CCCl)Cc2ccccc2)sc1C. The molecule has 0 aliphatic heterocycles. The molecule has 0 unspecified atom stereocenters. The van der Waals surface area contributed by atoms with Gasteiger partial charge in [-0.05, 0) is 19.4 Å². The number of nitrogens with zero attached hydrogens (tertiary/aromatic N) is 2. The molecule has 1 aromatic heterocycles. The first-order valence-corrected chi connectivity index (χ1v) is 7.79. The lowest BCUT2D eigenvalue weighted by Gasteiger charge is -2.20. The summed E-state index contributed by atoms with van der Waals surface area (Å²) in [6.45, 7) is 6.87. The minimum Gasteiger partial charge on any atom is -0.291 e. The zero-order valence-corrected chi connectivity index (χ0v) is 13.0. The number of aromatic nitrogens is 1. The van der Waals surface area contributed by atoms with E-state index >= 15 is 0 Å². The van der Waals surface area contributed by atoms with Gasteiger partial charge < -0.3 is 0 Å². The maximum absolute atomic E-state index is 5.91. The highest BCUT2D eigenvalue weighted by Gasteiger charge is 2.10. The molecule has 2 aromatic rings. The van der Waals surface area contributed by atoms with Crippen LogP contribution in [0.2, 0.25) is 0 Å². The highest BCUT2D eigenvalue weighted by atomic mass is 35.5. The van der Waals surface area contributed by atoms with Crippen molar-refractivity contribution in [3.8, 4) is 0 Å². The summed E-state index contributed by atoms with van der Waals surface area (Å²) >= 11 is 7.69. The Hall–Kier alpha value is -0.900. The van der Waals surface area contributed by atoms with Crippen LogP contribution in [0.15, 0.2) is 30.3 Å². The van der Waals surface area contributed by atoms with Gasteiger partial charge in [0.25, 0.3) is 0 Å². The van der Waals surface area contributed by atoms with Crippen LogP contribution in [0.4, 0.5) is 0 Å². The van der Waals surface area contributed by atoms with Gasteiger partial charge in [0.15, 0.2) is 0 Å². The van der Waals surface area contributed by atoms with Crippen molar-refractivity contribution >= 4 is 22.9 Å². The molecule has 1 heterocycles. The lowest BCUT2D eigenvalue weighted by atomic mass is 10.2. The molecule has 0 bridgehead atoms. The highest BCUT2D eigenvalue weighted by molar-refractivity contribution is 7.11. The Morgan fingerprint density at radius 2 is 1.89 bits per heavy atom. The summed E-state index contributed by atoms with van der Waals surface area (Å²) in [5.41, 5.74) is 2.46. The summed E-state index contributed by atoms with van der Waals surface area (Å²) in [6.07, 6.45) is 0. The number of hydrogen-bond donors (Lipinski definition) is 0. The summed E-state index contributed by atoms with van der Waals surface area (Å²) in [5.74, 6) is 0.649. The molecule has 4 heteroatoms. The third-order valence-electron chi connectivity index (χ3n) is 3.08. The zero-order valence-electron chi connectivity index (χ0n) is 11.4. The van der Waals surface area contributed by atoms with Gasteiger partial charge >= 0.3 is 0 Å². The van der Waals surface area contributed by atoms with Gasteiger partial charge in [0.05, 0.1) is 12.2 Å². The Balaban J connectivity index is 2.03. The molecule has 2 rings (SSSR count). The van der Waals surface area contributed by atoms with E-state index in [9.17, 15) is 0 Å². The average Bonchev–Trinajstić information content (AvgIpc) is 2.70. The monoisotopic (exact) mass is 294 g/mol. The lowest BCUT2D eigenvalue weighted by Crippen LogP contribution is -2.24. The van der Waals surface area contributed by atoms with Gasteiger partial charge in [0, 0.05) is 23.8 Å². The first kappa shape index (κ1) is 14.5. The minimum atomic E-state index is 0.649. The molecule has 0 saturated heterocycles. The molecule has 0 N–H and O–H groups in total. The summed E-state index contributed by atoms with van der Waals surface area (Å²) in [6, 6.07) is 10.5. The van der Waals surface area contributed by atoms with E-state index in [-0.39, 0.29) is 0 Å². The molecule has 1 aromatic carbocycles. The van der Waals surface area contributed by atoms with Crippen LogP contribution < -0.4 is 0 Å². The van der Waals surface area contributed by atoms with E-state index in [4.69, 9.17) is 11.6 Å². The Bertz CT molecular complexity index is 491. The van der Waals surface area contributed by atoms with Gasteiger partial charge in [-0.2, -0.15) is 0 Å². The molecule has 0 spiro atoms. The van der Waals surface area contributed by atoms with E-state index < -0.39 is 0 Å². The lowest BCUT2D eigenvalue weighted by molar-refractivity contribution is 0.272. The van der Waals surface area contributed by atoms with Gasteiger partial charge in [-0.3, -0.25) is 4.90 Å². The van der Waals surface area contributed by atoms with Crippen molar-refractivity contribution in [1.29, 1.82) is 0 Å². The van der Waals surface area contributed by atoms with Gasteiger partial charge in [0.1, 0.15) is 5.01 Å². The van der Waals surface area contributed by atoms with Crippen LogP contribution in [0.5, 0.6) is 0 Å². The predicted molar refractivity (Wildman–Crippen MR) is 82.9 cm³/mol. The van der Waals surface area contributed by atoms with E-state index in [1.807, 2.05) is 6.07 Å². The second-order valence-electron chi connectivity index (χ2n) is 4.63. The van der Waals surface area contributed by atoms with Crippen LogP contribution in [0.1, 0.15) is 21.1 Å². The predicted octanol–water partition coefficient (Wildman–Crippen LogP) is 4.00. The van der Waals surface area contributed by atoms with Crippen LogP contribution in [-0.4, -0.2) is 22.3 Å². The smallest absolute Gasteiger partial charge is 0.107 e. The normalized spacial score (nSPS) is 11.2. The van der Waals surface area contributed by atoms with Gasteiger partial charge in [-0.1, -0.05) is 30.3 Å². The Morgan fingerprint density at radius 3 is 2.47 bits per heavy atom. The fourth-order valence-electron chi connectivity index (χ4n) is 1.97. The first-order valence-electron chi connectivity index (χ1n) is 6.44. The molecule has 0 radical (unpaired) electrons. The number of rotatable bonds is 6. The number of hydrogen-bond acceptors (Lipinski definition) is 3. The summed E-state index contributed by atoms with van der Waals surface area (Å²) in [5, 5.41) is 1.18. The molecule has 2 nitrogen and oxygen atoms in total. The van der Waals surface area contributed by atoms with Gasteiger partial charge in [0.2, 0.25) is 0 Å². The first-order chi connectivity index (χ1) is 9.19. The molecule has 0 aliphatic carbocycles. The van der Waals surface area contributed by atoms with E-state index in [1.165, 1.54) is 15.4 Å². The molecule has 19 heavy (non-hydrogen) atoms. The number of aryl methyl sites for hydroxylation is 2. The molecule has 0 fully saturated rings. The van der Waals surface area contributed by atoms with Crippen molar-refractivity contribution in [1.82, 2.24) is 9.88 Å². The van der Waals surface area contributed by atoms with Crippen molar-refractivity contribution in [2.75, 3.05) is 12.4 Å². The number of benzene rings is 1. The van der Waals surface area contributed by atoms with E-state index in [2.05, 4.69) is 48.0 Å². The van der Waals surface area contributed by atoms with Crippen LogP contribution >= 0.6 is 22.9 Å². The molecular weight excluding hydrogens is 276 g/mol. The zero-order chi connectivity index (χ0) is 13.7. The van der Waals surface area contributed by atoms with Gasteiger partial charge in [-0.25, -0.2) is 4.98 Å². The van der Waals surface area contributed by atoms with Crippen molar-refractivity contribution in [2.45, 2.75) is 26.9 Å². The topological polar surface area (TPSA) is 16.1 Å². The minimum absolute atomic E-state index is 0.649. The van der Waals surface area contributed by atoms with E-state index in [0.29, 0.717) is 5.88 Å². The van der Waals surface area contributed by atoms with Crippen molar-refractivity contribution in [2.24, 2.45) is 0 Å². The Kier molecular flexibility index (Phi) is 5.37. The van der Waals surface area contributed by atoms with E-state index in [1.54, 1.807) is 11.3 Å². The van der Waals surface area contributed by atoms with Crippen molar-refractivity contribution in [3.05, 3.63) is 51.5 Å². The highest BCUT2D eigenvalue weighted by Crippen LogP contribution is 2.19. The average molecular weight is 295 g/mol. The van der Waals surface area contributed by atoms with Crippen LogP contribution in [0.25, 0.3) is 0 Å². The fraction of sp³-hybridized carbons (Fsp3) is 0.400. The molecular formula is C15H19ClN2S. The third-order valence-corrected chi connectivity index (χ3v) is 4.31. The molecule has 0 aliphatic rings. The maximum atomic E-state index is 5.91.